The van der Waals surface area contributed by atoms with Crippen LogP contribution < -0.4 is 5.32 Å². The fourth-order valence-corrected chi connectivity index (χ4v) is 1.99. The first-order valence-electron chi connectivity index (χ1n) is 6.12. The SMILES string of the molecule is CC(=O)NCCC=Cc1ccc2nccc(Cl)c2c1. The normalized spacial score (nSPS) is 11.1. The highest BCUT2D eigenvalue weighted by atomic mass is 35.5. The molecule has 4 heteroatoms. The van der Waals surface area contributed by atoms with E-state index in [1.54, 1.807) is 12.3 Å². The van der Waals surface area contributed by atoms with Crippen LogP contribution in [0.2, 0.25) is 5.02 Å². The van der Waals surface area contributed by atoms with Gasteiger partial charge in [-0.2, -0.15) is 0 Å². The largest absolute Gasteiger partial charge is 0.356 e. The van der Waals surface area contributed by atoms with Crippen molar-refractivity contribution in [2.45, 2.75) is 13.3 Å². The van der Waals surface area contributed by atoms with E-state index >= 15 is 0 Å². The Bertz CT molecular complexity index is 623. The number of pyridine rings is 1. The first kappa shape index (κ1) is 13.6. The van der Waals surface area contributed by atoms with Gasteiger partial charge in [-0.3, -0.25) is 9.78 Å². The van der Waals surface area contributed by atoms with Crippen LogP contribution in [0.3, 0.4) is 0 Å². The van der Waals surface area contributed by atoms with Gasteiger partial charge in [0, 0.05) is 25.1 Å². The van der Waals surface area contributed by atoms with Crippen LogP contribution in [0.1, 0.15) is 18.9 Å². The van der Waals surface area contributed by atoms with Crippen molar-refractivity contribution < 1.29 is 4.79 Å². The summed E-state index contributed by atoms with van der Waals surface area (Å²) in [5, 5.41) is 4.41. The molecule has 1 aromatic heterocycles. The summed E-state index contributed by atoms with van der Waals surface area (Å²) in [5.41, 5.74) is 1.97. The van der Waals surface area contributed by atoms with Gasteiger partial charge in [0.15, 0.2) is 0 Å². The maximum Gasteiger partial charge on any atom is 0.216 e. The maximum atomic E-state index is 10.7. The van der Waals surface area contributed by atoms with E-state index in [-0.39, 0.29) is 5.91 Å². The van der Waals surface area contributed by atoms with E-state index < -0.39 is 0 Å². The minimum atomic E-state index is -0.00281. The summed E-state index contributed by atoms with van der Waals surface area (Å²) >= 11 is 6.14. The highest BCUT2D eigenvalue weighted by Crippen LogP contribution is 2.22. The van der Waals surface area contributed by atoms with Crippen molar-refractivity contribution in [3.63, 3.8) is 0 Å². The van der Waals surface area contributed by atoms with Crippen molar-refractivity contribution in [3.8, 4) is 0 Å². The molecular formula is C15H15ClN2O. The molecular weight excluding hydrogens is 260 g/mol. The van der Waals surface area contributed by atoms with Gasteiger partial charge in [0.25, 0.3) is 0 Å². The first-order chi connectivity index (χ1) is 9.16. The minimum Gasteiger partial charge on any atom is -0.356 e. The van der Waals surface area contributed by atoms with Crippen molar-refractivity contribution in [2.75, 3.05) is 6.54 Å². The molecule has 2 aromatic rings. The predicted octanol–water partition coefficient (Wildman–Crippen LogP) is 3.43. The molecule has 1 aromatic carbocycles. The zero-order chi connectivity index (χ0) is 13.7. The second kappa shape index (κ2) is 6.34. The van der Waals surface area contributed by atoms with Crippen LogP contribution in [-0.2, 0) is 4.79 Å². The lowest BCUT2D eigenvalue weighted by atomic mass is 10.1. The molecule has 0 radical (unpaired) electrons. The molecule has 0 aliphatic carbocycles. The van der Waals surface area contributed by atoms with E-state index in [0.717, 1.165) is 22.9 Å². The van der Waals surface area contributed by atoms with Gasteiger partial charge in [0.2, 0.25) is 5.91 Å². The fraction of sp³-hybridized carbons (Fsp3) is 0.200. The fourth-order valence-electron chi connectivity index (χ4n) is 1.78. The van der Waals surface area contributed by atoms with E-state index in [9.17, 15) is 4.79 Å². The second-order valence-corrected chi connectivity index (χ2v) is 4.65. The molecule has 0 saturated carbocycles. The molecule has 0 unspecified atom stereocenters. The van der Waals surface area contributed by atoms with E-state index in [2.05, 4.69) is 10.3 Å². The summed E-state index contributed by atoms with van der Waals surface area (Å²) in [7, 11) is 0. The average Bonchev–Trinajstić information content (AvgIpc) is 2.39. The van der Waals surface area contributed by atoms with Gasteiger partial charge in [0.1, 0.15) is 0 Å². The number of benzene rings is 1. The van der Waals surface area contributed by atoms with Gasteiger partial charge in [-0.1, -0.05) is 29.8 Å². The number of rotatable bonds is 4. The van der Waals surface area contributed by atoms with E-state index in [1.165, 1.54) is 6.92 Å². The number of carbonyl (C=O) groups is 1. The number of nitrogens with zero attached hydrogens (tertiary/aromatic N) is 1. The average molecular weight is 275 g/mol. The Morgan fingerprint density at radius 3 is 3.05 bits per heavy atom. The highest BCUT2D eigenvalue weighted by molar-refractivity contribution is 6.35. The third kappa shape index (κ3) is 3.80. The molecule has 0 aliphatic heterocycles. The van der Waals surface area contributed by atoms with Gasteiger partial charge in [-0.25, -0.2) is 0 Å². The molecule has 1 heterocycles. The first-order valence-corrected chi connectivity index (χ1v) is 6.50. The number of fused-ring (bicyclic) bond motifs is 1. The summed E-state index contributed by atoms with van der Waals surface area (Å²) in [6.07, 6.45) is 6.55. The Balaban J connectivity index is 2.07. The molecule has 0 fully saturated rings. The summed E-state index contributed by atoms with van der Waals surface area (Å²) in [5.74, 6) is -0.00281. The highest BCUT2D eigenvalue weighted by Gasteiger charge is 1.99. The van der Waals surface area contributed by atoms with Crippen LogP contribution in [-0.4, -0.2) is 17.4 Å². The smallest absolute Gasteiger partial charge is 0.216 e. The zero-order valence-corrected chi connectivity index (χ0v) is 11.4. The van der Waals surface area contributed by atoms with Crippen LogP contribution in [0, 0.1) is 0 Å². The Morgan fingerprint density at radius 2 is 2.26 bits per heavy atom. The number of nitrogens with one attached hydrogen (secondary N) is 1. The monoisotopic (exact) mass is 274 g/mol. The summed E-state index contributed by atoms with van der Waals surface area (Å²) in [6, 6.07) is 7.75. The van der Waals surface area contributed by atoms with Gasteiger partial charge in [-0.15, -0.1) is 0 Å². The molecule has 0 saturated heterocycles. The summed E-state index contributed by atoms with van der Waals surface area (Å²) in [4.78, 5) is 15.0. The third-order valence-electron chi connectivity index (χ3n) is 2.71. The van der Waals surface area contributed by atoms with Crippen LogP contribution in [0.15, 0.2) is 36.5 Å². The third-order valence-corrected chi connectivity index (χ3v) is 3.04. The summed E-state index contributed by atoms with van der Waals surface area (Å²) < 4.78 is 0. The van der Waals surface area contributed by atoms with Crippen molar-refractivity contribution in [3.05, 3.63) is 47.1 Å². The van der Waals surface area contributed by atoms with Crippen LogP contribution in [0.4, 0.5) is 0 Å². The molecule has 3 nitrogen and oxygen atoms in total. The Kier molecular flexibility index (Phi) is 4.53. The van der Waals surface area contributed by atoms with Crippen LogP contribution in [0.25, 0.3) is 17.0 Å². The van der Waals surface area contributed by atoms with Crippen LogP contribution >= 0.6 is 11.6 Å². The molecule has 0 aliphatic rings. The Hall–Kier alpha value is -1.87. The molecule has 98 valence electrons. The molecule has 0 spiro atoms. The summed E-state index contributed by atoms with van der Waals surface area (Å²) in [6.45, 7) is 2.17. The van der Waals surface area contributed by atoms with Crippen molar-refractivity contribution in [1.82, 2.24) is 10.3 Å². The Morgan fingerprint density at radius 1 is 1.42 bits per heavy atom. The number of carbonyl (C=O) groups excluding carboxylic acids is 1. The molecule has 0 bridgehead atoms. The van der Waals surface area contributed by atoms with E-state index in [4.69, 9.17) is 11.6 Å². The second-order valence-electron chi connectivity index (χ2n) is 4.24. The quantitative estimate of drug-likeness (QED) is 0.868. The lowest BCUT2D eigenvalue weighted by Crippen LogP contribution is -2.20. The minimum absolute atomic E-state index is 0.00281. The van der Waals surface area contributed by atoms with Crippen molar-refractivity contribution >= 4 is 34.5 Å². The van der Waals surface area contributed by atoms with Gasteiger partial charge in [0.05, 0.1) is 10.5 Å². The number of aromatic nitrogens is 1. The van der Waals surface area contributed by atoms with E-state index in [0.29, 0.717) is 11.6 Å². The standard InChI is InChI=1S/C15H15ClN2O/c1-11(19)17-8-3-2-4-12-5-6-15-13(10-12)14(16)7-9-18-15/h2,4-7,9-10H,3,8H2,1H3,(H,17,19). The lowest BCUT2D eigenvalue weighted by molar-refractivity contribution is -0.118. The number of hydrogen-bond acceptors (Lipinski definition) is 2. The van der Waals surface area contributed by atoms with Gasteiger partial charge >= 0.3 is 0 Å². The predicted molar refractivity (Wildman–Crippen MR) is 79.1 cm³/mol. The molecule has 1 N–H and O–H groups in total. The van der Waals surface area contributed by atoms with E-state index in [1.807, 2.05) is 30.4 Å². The zero-order valence-electron chi connectivity index (χ0n) is 10.7. The van der Waals surface area contributed by atoms with Gasteiger partial charge < -0.3 is 5.32 Å². The lowest BCUT2D eigenvalue weighted by Gasteiger charge is -2.01. The van der Waals surface area contributed by atoms with Crippen molar-refractivity contribution in [2.24, 2.45) is 0 Å². The number of hydrogen-bond donors (Lipinski definition) is 1. The molecule has 1 amide bonds. The molecule has 19 heavy (non-hydrogen) atoms. The molecule has 0 atom stereocenters. The Labute approximate surface area is 117 Å². The maximum absolute atomic E-state index is 10.7. The number of amides is 1. The molecule has 2 rings (SSSR count). The van der Waals surface area contributed by atoms with Gasteiger partial charge in [-0.05, 0) is 30.2 Å². The topological polar surface area (TPSA) is 42.0 Å². The number of halogens is 1. The van der Waals surface area contributed by atoms with Crippen molar-refractivity contribution in [1.29, 1.82) is 0 Å². The van der Waals surface area contributed by atoms with Crippen LogP contribution in [0.5, 0.6) is 0 Å².